The van der Waals surface area contributed by atoms with E-state index >= 15 is 0 Å². The van der Waals surface area contributed by atoms with Crippen LogP contribution in [0.25, 0.3) is 0 Å². The maximum atomic E-state index is 2.88. The summed E-state index contributed by atoms with van der Waals surface area (Å²) in [6.45, 7) is 15.2. The molecule has 0 nitrogen and oxygen atoms in total. The van der Waals surface area contributed by atoms with E-state index in [9.17, 15) is 0 Å². The minimum Gasteiger partial charge on any atom is -0.327 e. The molecular weight excluding hydrogens is 636 g/mol. The molecule has 9 atom stereocenters. The van der Waals surface area contributed by atoms with E-state index in [0.717, 1.165) is 57.1 Å². The van der Waals surface area contributed by atoms with E-state index in [1.165, 1.54) is 24.8 Å². The number of aryl methyl sites for hydroxylation is 1. The van der Waals surface area contributed by atoms with Crippen LogP contribution in [-0.2, 0) is 21.1 Å². The number of hydrogen-bond acceptors (Lipinski definition) is 2. The molecule has 34 heavy (non-hydrogen) atoms. The second kappa shape index (κ2) is 9.56. The monoisotopic (exact) mass is 677 g/mol. The summed E-state index contributed by atoms with van der Waals surface area (Å²) < 4.78 is 0. The Labute approximate surface area is 232 Å². The van der Waals surface area contributed by atoms with Crippen molar-refractivity contribution in [3.63, 3.8) is 0 Å². The van der Waals surface area contributed by atoms with Crippen molar-refractivity contribution < 1.29 is 21.1 Å². The van der Waals surface area contributed by atoms with Crippen molar-refractivity contribution in [3.8, 4) is 0 Å². The van der Waals surface area contributed by atoms with Crippen molar-refractivity contribution >= 4 is 31.6 Å². The standard InChI is InChI=1S/C30H41S2Si.W/c1-17-7-10-21(11-8-17)22-12-9-18(2)27-23(22)13-14-26(27)33(5,6)30-28-24(15-19(3)31-28)25-16-20(4)32-29(25)30;/h7-8,10-11,14-16,18,22-30H,9,12-13H2,1-6H3;/q-1;. The van der Waals surface area contributed by atoms with Gasteiger partial charge in [-0.05, 0) is 78.2 Å². The number of benzene rings is 1. The van der Waals surface area contributed by atoms with Gasteiger partial charge in [-0.25, -0.2) is 0 Å². The third-order valence-corrected chi connectivity index (χ3v) is 18.3. The van der Waals surface area contributed by atoms with Crippen LogP contribution in [0.3, 0.4) is 0 Å². The smallest absolute Gasteiger partial charge is 0.0273 e. The third-order valence-electron chi connectivity index (χ3n) is 10.3. The maximum Gasteiger partial charge on any atom is 0.0273 e. The maximum absolute atomic E-state index is 2.88. The van der Waals surface area contributed by atoms with Gasteiger partial charge in [0.15, 0.2) is 0 Å². The summed E-state index contributed by atoms with van der Waals surface area (Å²) in [6.07, 6.45) is 12.4. The molecule has 5 aliphatic rings. The molecule has 0 N–H and O–H groups in total. The van der Waals surface area contributed by atoms with Gasteiger partial charge in [0.2, 0.25) is 0 Å². The topological polar surface area (TPSA) is 0 Å². The minimum absolute atomic E-state index is 0. The molecule has 2 heterocycles. The fourth-order valence-electron chi connectivity index (χ4n) is 8.91. The molecule has 0 saturated heterocycles. The number of hydrogen-bond donors (Lipinski definition) is 0. The van der Waals surface area contributed by atoms with Crippen molar-refractivity contribution in [3.05, 3.63) is 63.8 Å². The quantitative estimate of drug-likeness (QED) is 0.231. The summed E-state index contributed by atoms with van der Waals surface area (Å²) >= 11 is 4.51. The van der Waals surface area contributed by atoms with E-state index in [2.05, 4.69) is 107 Å². The first kappa shape index (κ1) is 25.9. The number of allylic oxidation sites excluding steroid dienone is 4. The fraction of sp³-hybridized carbons (Fsp3) is 0.633. The Hall–Kier alpha value is 0.305. The SMILES string of the molecule is CC1=CC2C3C=C(C)SC3C([Si](C)(C)C3[CH-]CC4C(c5ccc(C)cc5)CCC(C)C43)C2S1.[W]. The van der Waals surface area contributed by atoms with Crippen LogP contribution in [0.15, 0.2) is 46.2 Å². The predicted molar refractivity (Wildman–Crippen MR) is 150 cm³/mol. The molecule has 3 saturated carbocycles. The Bertz CT molecular complexity index is 950. The molecule has 3 fully saturated rings. The summed E-state index contributed by atoms with van der Waals surface area (Å²) in [6, 6.07) is 9.58. The molecule has 0 radical (unpaired) electrons. The normalized spacial score (nSPS) is 43.0. The molecule has 0 bridgehead atoms. The molecule has 4 heteroatoms. The van der Waals surface area contributed by atoms with Gasteiger partial charge >= 0.3 is 0 Å². The van der Waals surface area contributed by atoms with Gasteiger partial charge in [0.1, 0.15) is 0 Å². The molecule has 0 amide bonds. The molecule has 1 aromatic carbocycles. The van der Waals surface area contributed by atoms with Crippen molar-refractivity contribution in [2.24, 2.45) is 29.6 Å². The summed E-state index contributed by atoms with van der Waals surface area (Å²) in [4.78, 5) is 3.19. The average Bonchev–Trinajstić information content (AvgIpc) is 3.50. The van der Waals surface area contributed by atoms with Crippen LogP contribution in [0.4, 0.5) is 0 Å². The van der Waals surface area contributed by atoms with Gasteiger partial charge in [-0.1, -0.05) is 73.8 Å². The van der Waals surface area contributed by atoms with Crippen molar-refractivity contribution in [2.45, 2.75) is 87.6 Å². The van der Waals surface area contributed by atoms with Crippen LogP contribution >= 0.6 is 23.5 Å². The first-order chi connectivity index (χ1) is 15.8. The van der Waals surface area contributed by atoms with E-state index in [1.54, 1.807) is 15.4 Å². The molecule has 9 unspecified atom stereocenters. The second-order valence-corrected chi connectivity index (χ2v) is 20.4. The van der Waals surface area contributed by atoms with Crippen LogP contribution in [0.5, 0.6) is 0 Å². The van der Waals surface area contributed by atoms with E-state index in [4.69, 9.17) is 0 Å². The molecule has 2 aliphatic heterocycles. The number of thioether (sulfide) groups is 2. The zero-order chi connectivity index (χ0) is 23.1. The van der Waals surface area contributed by atoms with E-state index in [-0.39, 0.29) is 21.1 Å². The molecule has 1 aromatic rings. The zero-order valence-corrected chi connectivity index (χ0v) is 27.2. The van der Waals surface area contributed by atoms with Gasteiger partial charge < -0.3 is 6.42 Å². The molecule has 0 spiro atoms. The summed E-state index contributed by atoms with van der Waals surface area (Å²) in [7, 11) is -1.52. The van der Waals surface area contributed by atoms with Gasteiger partial charge in [-0.3, -0.25) is 0 Å². The molecular formula is C30H41S2SiW-. The average molecular weight is 678 g/mol. The summed E-state index contributed by atoms with van der Waals surface area (Å²) in [5.74, 6) is 5.02. The largest absolute Gasteiger partial charge is 0.327 e. The van der Waals surface area contributed by atoms with Gasteiger partial charge in [-0.15, -0.1) is 23.5 Å². The Morgan fingerprint density at radius 1 is 0.882 bits per heavy atom. The molecule has 6 rings (SSSR count). The fourth-order valence-corrected chi connectivity index (χ4v) is 19.2. The number of fused-ring (bicyclic) bond motifs is 4. The first-order valence-electron chi connectivity index (χ1n) is 13.4. The van der Waals surface area contributed by atoms with Crippen LogP contribution < -0.4 is 0 Å². The summed E-state index contributed by atoms with van der Waals surface area (Å²) in [5.41, 5.74) is 4.83. The minimum atomic E-state index is -1.52. The van der Waals surface area contributed by atoms with E-state index in [1.807, 2.05) is 0 Å². The Morgan fingerprint density at radius 3 is 2.06 bits per heavy atom. The Kier molecular flexibility index (Phi) is 7.29. The zero-order valence-electron chi connectivity index (χ0n) is 21.7. The first-order valence-corrected chi connectivity index (χ1v) is 18.3. The van der Waals surface area contributed by atoms with Gasteiger partial charge in [0, 0.05) is 39.6 Å². The molecule has 184 valence electrons. The van der Waals surface area contributed by atoms with E-state index < -0.39 is 8.07 Å². The summed E-state index contributed by atoms with van der Waals surface area (Å²) in [5, 5.41) is 1.69. The van der Waals surface area contributed by atoms with Crippen molar-refractivity contribution in [1.29, 1.82) is 0 Å². The van der Waals surface area contributed by atoms with Crippen LogP contribution in [0.1, 0.15) is 57.1 Å². The van der Waals surface area contributed by atoms with Crippen LogP contribution in [-0.4, -0.2) is 18.6 Å². The molecule has 0 aromatic heterocycles. The van der Waals surface area contributed by atoms with Gasteiger partial charge in [0.05, 0.1) is 0 Å². The van der Waals surface area contributed by atoms with Gasteiger partial charge in [-0.2, -0.15) is 12.0 Å². The van der Waals surface area contributed by atoms with Gasteiger partial charge in [0.25, 0.3) is 0 Å². The second-order valence-electron chi connectivity index (χ2n) is 12.5. The Morgan fingerprint density at radius 2 is 1.47 bits per heavy atom. The van der Waals surface area contributed by atoms with E-state index in [0.29, 0.717) is 0 Å². The van der Waals surface area contributed by atoms with Crippen LogP contribution in [0, 0.1) is 42.9 Å². The number of rotatable bonds is 3. The Balaban J connectivity index is 0.00000241. The van der Waals surface area contributed by atoms with Crippen molar-refractivity contribution in [1.82, 2.24) is 0 Å². The third kappa shape index (κ3) is 4.06. The molecule has 3 aliphatic carbocycles. The predicted octanol–water partition coefficient (Wildman–Crippen LogP) is 9.08. The van der Waals surface area contributed by atoms with Crippen LogP contribution in [0.2, 0.25) is 24.2 Å². The van der Waals surface area contributed by atoms with Crippen molar-refractivity contribution in [2.75, 3.05) is 0 Å².